The molecule has 0 unspecified atom stereocenters. The lowest BCUT2D eigenvalue weighted by Crippen LogP contribution is -2.19. The zero-order chi connectivity index (χ0) is 16.1. The van der Waals surface area contributed by atoms with Crippen LogP contribution in [0.5, 0.6) is 5.75 Å². The van der Waals surface area contributed by atoms with Crippen LogP contribution in [0.2, 0.25) is 0 Å². The van der Waals surface area contributed by atoms with E-state index < -0.39 is 5.91 Å². The number of hydrogen-bond acceptors (Lipinski definition) is 5. The number of nitrogens with zero attached hydrogens (tertiary/aromatic N) is 1. The van der Waals surface area contributed by atoms with Crippen molar-refractivity contribution in [2.75, 3.05) is 6.61 Å². The summed E-state index contributed by atoms with van der Waals surface area (Å²) in [5.74, 6) is -0.507. The van der Waals surface area contributed by atoms with Crippen molar-refractivity contribution in [3.8, 4) is 5.75 Å². The molecular weight excluding hydrogens is 284 g/mol. The molecule has 1 aromatic rings. The van der Waals surface area contributed by atoms with Crippen molar-refractivity contribution in [3.63, 3.8) is 0 Å². The minimum atomic E-state index is -0.453. The molecule has 0 aromatic heterocycles. The fraction of sp³-hybridized carbons (Fsp3) is 0.125. The smallest absolute Gasteiger partial charge is 0.261 e. The number of nitrogens with one attached hydrogen (secondary N) is 1. The molecule has 3 N–H and O–H groups in total. The van der Waals surface area contributed by atoms with Crippen molar-refractivity contribution < 1.29 is 19.8 Å². The molecule has 2 rings (SSSR count). The molecule has 0 fully saturated rings. The van der Waals surface area contributed by atoms with E-state index in [4.69, 9.17) is 4.84 Å². The number of rotatable bonds is 5. The number of hydrogen-bond donors (Lipinski definition) is 3. The summed E-state index contributed by atoms with van der Waals surface area (Å²) in [5.41, 5.74) is 1.32. The summed E-state index contributed by atoms with van der Waals surface area (Å²) in [6.07, 6.45) is 3.12. The molecular formula is C16H16N2O4. The van der Waals surface area contributed by atoms with E-state index in [1.807, 2.05) is 0 Å². The summed E-state index contributed by atoms with van der Waals surface area (Å²) < 4.78 is 0. The highest BCUT2D eigenvalue weighted by Gasteiger charge is 2.29. The number of aromatic hydroxyl groups is 1. The number of phenolic OH excluding ortho intramolecular Hbond substituents is 1. The molecule has 1 heterocycles. The minimum absolute atomic E-state index is 0.0640. The molecule has 0 aliphatic carbocycles. The maximum atomic E-state index is 11.9. The molecule has 22 heavy (non-hydrogen) atoms. The van der Waals surface area contributed by atoms with Gasteiger partial charge in [0.1, 0.15) is 17.9 Å². The van der Waals surface area contributed by atoms with E-state index in [9.17, 15) is 15.0 Å². The number of benzene rings is 1. The highest BCUT2D eigenvalue weighted by molar-refractivity contribution is 6.24. The lowest BCUT2D eigenvalue weighted by Gasteiger charge is -2.00. The second-order valence-electron chi connectivity index (χ2n) is 4.59. The van der Waals surface area contributed by atoms with Crippen LogP contribution in [0.15, 0.2) is 59.1 Å². The normalized spacial score (nSPS) is 16.9. The highest BCUT2D eigenvalue weighted by Crippen LogP contribution is 2.22. The van der Waals surface area contributed by atoms with Gasteiger partial charge in [0.05, 0.1) is 11.4 Å². The van der Waals surface area contributed by atoms with Gasteiger partial charge in [0.15, 0.2) is 5.76 Å². The van der Waals surface area contributed by atoms with Crippen molar-refractivity contribution in [2.45, 2.75) is 6.92 Å². The first-order chi connectivity index (χ1) is 10.5. The highest BCUT2D eigenvalue weighted by atomic mass is 16.6. The maximum absolute atomic E-state index is 11.9. The molecule has 0 saturated heterocycles. The van der Waals surface area contributed by atoms with Gasteiger partial charge in [0.25, 0.3) is 5.91 Å². The van der Waals surface area contributed by atoms with Gasteiger partial charge in [-0.1, -0.05) is 29.9 Å². The zero-order valence-electron chi connectivity index (χ0n) is 12.0. The first-order valence-corrected chi connectivity index (χ1v) is 6.56. The predicted molar refractivity (Wildman–Crippen MR) is 83.1 cm³/mol. The van der Waals surface area contributed by atoms with Gasteiger partial charge in [-0.2, -0.15) is 0 Å². The predicted octanol–water partition coefficient (Wildman–Crippen LogP) is 2.25. The molecule has 1 aromatic carbocycles. The van der Waals surface area contributed by atoms with Crippen LogP contribution in [-0.2, 0) is 9.63 Å². The topological polar surface area (TPSA) is 91.2 Å². The summed E-state index contributed by atoms with van der Waals surface area (Å²) >= 11 is 0. The third-order valence-electron chi connectivity index (χ3n) is 2.93. The Balaban J connectivity index is 2.29. The molecule has 6 nitrogen and oxygen atoms in total. The van der Waals surface area contributed by atoms with Crippen LogP contribution in [0.4, 0.5) is 0 Å². The van der Waals surface area contributed by atoms with E-state index in [-0.39, 0.29) is 35.1 Å². The van der Waals surface area contributed by atoms with Crippen LogP contribution >= 0.6 is 0 Å². The Morgan fingerprint density at radius 2 is 2.05 bits per heavy atom. The van der Waals surface area contributed by atoms with Crippen molar-refractivity contribution in [2.24, 2.45) is 5.16 Å². The molecule has 1 aliphatic heterocycles. The van der Waals surface area contributed by atoms with Gasteiger partial charge in [-0.15, -0.1) is 0 Å². The fourth-order valence-electron chi connectivity index (χ4n) is 1.90. The lowest BCUT2D eigenvalue weighted by atomic mass is 10.1. The van der Waals surface area contributed by atoms with Gasteiger partial charge >= 0.3 is 0 Å². The number of carbonyl (C=O) groups is 1. The third-order valence-corrected chi connectivity index (χ3v) is 2.93. The molecule has 0 radical (unpaired) electrons. The van der Waals surface area contributed by atoms with Crippen LogP contribution in [0.1, 0.15) is 12.5 Å². The van der Waals surface area contributed by atoms with E-state index >= 15 is 0 Å². The van der Waals surface area contributed by atoms with Gasteiger partial charge in [-0.25, -0.2) is 0 Å². The maximum Gasteiger partial charge on any atom is 0.261 e. The SMILES string of the molecule is C=CCO/N=C(\C)C1=C(O)/C(=C/c2ccc(O)cc2)NC1=O. The molecule has 0 bridgehead atoms. The summed E-state index contributed by atoms with van der Waals surface area (Å²) in [4.78, 5) is 16.9. The van der Waals surface area contributed by atoms with E-state index in [0.717, 1.165) is 5.56 Å². The Morgan fingerprint density at radius 3 is 2.68 bits per heavy atom. The molecule has 1 amide bonds. The Kier molecular flexibility index (Phi) is 4.63. The Hall–Kier alpha value is -3.02. The van der Waals surface area contributed by atoms with E-state index in [0.29, 0.717) is 0 Å². The standard InChI is InChI=1S/C16H16N2O4/c1-3-8-22-18-10(2)14-15(20)13(17-16(14)21)9-11-4-6-12(19)7-5-11/h3-7,9,19-20H,1,8H2,2H3,(H,17,21)/b13-9-,18-10+. The number of aliphatic hydroxyl groups is 1. The van der Waals surface area contributed by atoms with Crippen LogP contribution in [0.3, 0.4) is 0 Å². The van der Waals surface area contributed by atoms with Gasteiger partial charge < -0.3 is 20.4 Å². The lowest BCUT2D eigenvalue weighted by molar-refractivity contribution is -0.115. The molecule has 1 aliphatic rings. The van der Waals surface area contributed by atoms with Crippen molar-refractivity contribution in [1.29, 1.82) is 0 Å². The second kappa shape index (κ2) is 6.62. The van der Waals surface area contributed by atoms with Gasteiger partial charge in [-0.05, 0) is 30.7 Å². The molecule has 0 spiro atoms. The van der Waals surface area contributed by atoms with Crippen LogP contribution in [0.25, 0.3) is 6.08 Å². The van der Waals surface area contributed by atoms with Gasteiger partial charge in [0, 0.05) is 0 Å². The number of carbonyl (C=O) groups excluding carboxylic acids is 1. The Bertz CT molecular complexity index is 685. The van der Waals surface area contributed by atoms with Crippen molar-refractivity contribution in [1.82, 2.24) is 5.32 Å². The van der Waals surface area contributed by atoms with Crippen LogP contribution in [0, 0.1) is 0 Å². The Labute approximate surface area is 127 Å². The molecule has 114 valence electrons. The monoisotopic (exact) mass is 300 g/mol. The molecule has 0 saturated carbocycles. The molecule has 6 heteroatoms. The van der Waals surface area contributed by atoms with Crippen molar-refractivity contribution in [3.05, 3.63) is 59.5 Å². The minimum Gasteiger partial charge on any atom is -0.508 e. The van der Waals surface area contributed by atoms with E-state index in [1.165, 1.54) is 18.2 Å². The van der Waals surface area contributed by atoms with Gasteiger partial charge in [-0.3, -0.25) is 4.79 Å². The third kappa shape index (κ3) is 3.35. The summed E-state index contributed by atoms with van der Waals surface area (Å²) in [5, 5.41) is 25.8. The Morgan fingerprint density at radius 1 is 1.36 bits per heavy atom. The number of amides is 1. The largest absolute Gasteiger partial charge is 0.508 e. The van der Waals surface area contributed by atoms with Crippen LogP contribution in [-0.4, -0.2) is 28.4 Å². The van der Waals surface area contributed by atoms with Crippen molar-refractivity contribution >= 4 is 17.7 Å². The van der Waals surface area contributed by atoms with Gasteiger partial charge in [0.2, 0.25) is 0 Å². The number of aliphatic hydroxyl groups excluding tert-OH is 1. The second-order valence-corrected chi connectivity index (χ2v) is 4.59. The summed E-state index contributed by atoms with van der Waals surface area (Å²) in [6.45, 7) is 5.27. The van der Waals surface area contributed by atoms with E-state index in [1.54, 1.807) is 25.1 Å². The average molecular weight is 300 g/mol. The van der Waals surface area contributed by atoms with Crippen LogP contribution < -0.4 is 5.32 Å². The summed E-state index contributed by atoms with van der Waals surface area (Å²) in [6, 6.07) is 6.35. The average Bonchev–Trinajstić information content (AvgIpc) is 2.76. The quantitative estimate of drug-likeness (QED) is 0.337. The first kappa shape index (κ1) is 15.4. The molecule has 0 atom stereocenters. The number of oxime groups is 1. The fourth-order valence-corrected chi connectivity index (χ4v) is 1.90. The zero-order valence-corrected chi connectivity index (χ0v) is 12.0. The number of phenols is 1. The van der Waals surface area contributed by atoms with E-state index in [2.05, 4.69) is 17.1 Å². The summed E-state index contributed by atoms with van der Waals surface area (Å²) in [7, 11) is 0. The first-order valence-electron chi connectivity index (χ1n) is 6.56.